The van der Waals surface area contributed by atoms with Crippen LogP contribution in [0.15, 0.2) is 54.9 Å². The SMILES string of the molecule is CC(C)Cn1c(-c2ccc(-c3ccccc3Br)o2)nc2c1c(=O)[nH]c(=O)n2CC(C)C. The number of H-pyrrole nitrogens is 1. The number of fused-ring (bicyclic) bond motifs is 1. The summed E-state index contributed by atoms with van der Waals surface area (Å²) >= 11 is 3.56. The summed E-state index contributed by atoms with van der Waals surface area (Å²) in [6.07, 6.45) is 0. The molecule has 0 amide bonds. The molecule has 162 valence electrons. The smallest absolute Gasteiger partial charge is 0.330 e. The standard InChI is InChI=1S/C23H25BrN4O3/c1-13(2)11-27-19-21(28(12-14(3)4)23(30)26-22(19)29)25-20(27)18-10-9-17(31-18)15-7-5-6-8-16(15)24/h5-10,13-14H,11-12H2,1-4H3,(H,26,29,30). The van der Waals surface area contributed by atoms with Gasteiger partial charge in [-0.2, -0.15) is 0 Å². The summed E-state index contributed by atoms with van der Waals surface area (Å²) < 4.78 is 10.5. The van der Waals surface area contributed by atoms with Gasteiger partial charge in [0.05, 0.1) is 0 Å². The van der Waals surface area contributed by atoms with E-state index in [0.717, 1.165) is 10.0 Å². The number of halogens is 1. The Morgan fingerprint density at radius 1 is 0.968 bits per heavy atom. The van der Waals surface area contributed by atoms with Crippen molar-refractivity contribution < 1.29 is 4.42 Å². The van der Waals surface area contributed by atoms with Crippen molar-refractivity contribution in [3.05, 3.63) is 61.7 Å². The van der Waals surface area contributed by atoms with Crippen molar-refractivity contribution in [2.75, 3.05) is 0 Å². The van der Waals surface area contributed by atoms with E-state index in [9.17, 15) is 9.59 Å². The highest BCUT2D eigenvalue weighted by Crippen LogP contribution is 2.33. The third-order valence-electron chi connectivity index (χ3n) is 4.95. The van der Waals surface area contributed by atoms with Gasteiger partial charge in [-0.3, -0.25) is 14.3 Å². The monoisotopic (exact) mass is 484 g/mol. The van der Waals surface area contributed by atoms with Crippen LogP contribution in [0.1, 0.15) is 27.7 Å². The van der Waals surface area contributed by atoms with E-state index >= 15 is 0 Å². The molecule has 0 radical (unpaired) electrons. The fourth-order valence-corrected chi connectivity index (χ4v) is 4.18. The quantitative estimate of drug-likeness (QED) is 0.422. The molecule has 4 aromatic rings. The molecular formula is C23H25BrN4O3. The highest BCUT2D eigenvalue weighted by molar-refractivity contribution is 9.10. The van der Waals surface area contributed by atoms with Crippen LogP contribution in [-0.4, -0.2) is 19.1 Å². The van der Waals surface area contributed by atoms with Crippen molar-refractivity contribution in [3.8, 4) is 22.9 Å². The number of benzene rings is 1. The topological polar surface area (TPSA) is 85.8 Å². The number of imidazole rings is 1. The molecule has 1 aromatic carbocycles. The Balaban J connectivity index is 1.96. The summed E-state index contributed by atoms with van der Waals surface area (Å²) in [5.41, 5.74) is 0.826. The first-order valence-corrected chi connectivity index (χ1v) is 11.1. The van der Waals surface area contributed by atoms with Gasteiger partial charge in [0.25, 0.3) is 5.56 Å². The van der Waals surface area contributed by atoms with Crippen LogP contribution in [0, 0.1) is 11.8 Å². The van der Waals surface area contributed by atoms with Crippen LogP contribution in [0.4, 0.5) is 0 Å². The van der Waals surface area contributed by atoms with Crippen LogP contribution in [0.25, 0.3) is 34.1 Å². The van der Waals surface area contributed by atoms with E-state index in [0.29, 0.717) is 41.6 Å². The van der Waals surface area contributed by atoms with Gasteiger partial charge >= 0.3 is 5.69 Å². The van der Waals surface area contributed by atoms with E-state index in [4.69, 9.17) is 9.40 Å². The van der Waals surface area contributed by atoms with Crippen molar-refractivity contribution in [2.45, 2.75) is 40.8 Å². The third-order valence-corrected chi connectivity index (χ3v) is 5.64. The van der Waals surface area contributed by atoms with Gasteiger partial charge in [-0.1, -0.05) is 61.8 Å². The van der Waals surface area contributed by atoms with Crippen molar-refractivity contribution in [1.82, 2.24) is 19.1 Å². The minimum absolute atomic E-state index is 0.219. The molecule has 0 aliphatic carbocycles. The first-order chi connectivity index (χ1) is 14.8. The Morgan fingerprint density at radius 2 is 1.61 bits per heavy atom. The molecular weight excluding hydrogens is 460 g/mol. The third kappa shape index (κ3) is 4.04. The number of rotatable bonds is 6. The second-order valence-corrected chi connectivity index (χ2v) is 9.37. The molecule has 1 N–H and O–H groups in total. The zero-order valence-corrected chi connectivity index (χ0v) is 19.6. The molecule has 0 aliphatic heterocycles. The number of furan rings is 1. The van der Waals surface area contributed by atoms with E-state index in [2.05, 4.69) is 34.8 Å². The molecule has 0 fully saturated rings. The number of aromatic amines is 1. The lowest BCUT2D eigenvalue weighted by Gasteiger charge is -2.11. The van der Waals surface area contributed by atoms with E-state index in [1.165, 1.54) is 0 Å². The number of nitrogens with one attached hydrogen (secondary N) is 1. The molecule has 0 saturated carbocycles. The normalized spacial score (nSPS) is 11.8. The Hall–Kier alpha value is -2.87. The molecule has 3 aromatic heterocycles. The largest absolute Gasteiger partial charge is 0.453 e. The Labute approximate surface area is 187 Å². The lowest BCUT2D eigenvalue weighted by atomic mass is 10.2. The van der Waals surface area contributed by atoms with Gasteiger partial charge in [-0.25, -0.2) is 9.78 Å². The highest BCUT2D eigenvalue weighted by atomic mass is 79.9. The second-order valence-electron chi connectivity index (χ2n) is 8.52. The number of nitrogens with zero attached hydrogens (tertiary/aromatic N) is 3. The predicted octanol–water partition coefficient (Wildman–Crippen LogP) is 4.89. The van der Waals surface area contributed by atoms with Crippen LogP contribution in [-0.2, 0) is 13.1 Å². The van der Waals surface area contributed by atoms with Crippen LogP contribution in [0.5, 0.6) is 0 Å². The minimum Gasteiger partial charge on any atom is -0.453 e. The summed E-state index contributed by atoms with van der Waals surface area (Å²) in [5.74, 6) is 2.26. The van der Waals surface area contributed by atoms with Crippen molar-refractivity contribution in [2.24, 2.45) is 11.8 Å². The Morgan fingerprint density at radius 3 is 2.29 bits per heavy atom. The molecule has 0 unspecified atom stereocenters. The lowest BCUT2D eigenvalue weighted by molar-refractivity contribution is 0.511. The van der Waals surface area contributed by atoms with Gasteiger partial charge < -0.3 is 8.98 Å². The number of hydrogen-bond acceptors (Lipinski definition) is 4. The van der Waals surface area contributed by atoms with E-state index < -0.39 is 11.2 Å². The molecule has 0 atom stereocenters. The summed E-state index contributed by atoms with van der Waals surface area (Å²) in [7, 11) is 0. The summed E-state index contributed by atoms with van der Waals surface area (Å²) in [6.45, 7) is 9.22. The zero-order valence-electron chi connectivity index (χ0n) is 18.0. The van der Waals surface area contributed by atoms with Crippen LogP contribution in [0.2, 0.25) is 0 Å². The lowest BCUT2D eigenvalue weighted by Crippen LogP contribution is -2.32. The average Bonchev–Trinajstić information content (AvgIpc) is 3.30. The van der Waals surface area contributed by atoms with Gasteiger partial charge in [0.2, 0.25) is 0 Å². The number of aromatic nitrogens is 4. The highest BCUT2D eigenvalue weighted by Gasteiger charge is 2.23. The summed E-state index contributed by atoms with van der Waals surface area (Å²) in [4.78, 5) is 32.5. The first kappa shape index (κ1) is 21.4. The van der Waals surface area contributed by atoms with Gasteiger partial charge in [-0.05, 0) is 30.0 Å². The molecule has 0 bridgehead atoms. The van der Waals surface area contributed by atoms with Crippen LogP contribution in [0.3, 0.4) is 0 Å². The molecule has 0 spiro atoms. The van der Waals surface area contributed by atoms with Gasteiger partial charge in [-0.15, -0.1) is 0 Å². The van der Waals surface area contributed by atoms with E-state index in [-0.39, 0.29) is 11.8 Å². The average molecular weight is 485 g/mol. The number of hydrogen-bond donors (Lipinski definition) is 1. The van der Waals surface area contributed by atoms with Gasteiger partial charge in [0, 0.05) is 23.1 Å². The first-order valence-electron chi connectivity index (χ1n) is 10.3. The maximum Gasteiger partial charge on any atom is 0.330 e. The van der Waals surface area contributed by atoms with Crippen molar-refractivity contribution >= 4 is 27.1 Å². The Kier molecular flexibility index (Phi) is 5.75. The van der Waals surface area contributed by atoms with Crippen LogP contribution < -0.4 is 11.2 Å². The van der Waals surface area contributed by atoms with E-state index in [1.54, 1.807) is 4.57 Å². The predicted molar refractivity (Wildman–Crippen MR) is 125 cm³/mol. The molecule has 8 heteroatoms. The summed E-state index contributed by atoms with van der Waals surface area (Å²) in [5, 5.41) is 0. The zero-order chi connectivity index (χ0) is 22.3. The van der Waals surface area contributed by atoms with Crippen molar-refractivity contribution in [3.63, 3.8) is 0 Å². The van der Waals surface area contributed by atoms with Crippen molar-refractivity contribution in [1.29, 1.82) is 0 Å². The molecule has 0 aliphatic rings. The molecule has 3 heterocycles. The van der Waals surface area contributed by atoms with E-state index in [1.807, 2.05) is 54.8 Å². The van der Waals surface area contributed by atoms with Gasteiger partial charge in [0.1, 0.15) is 5.76 Å². The molecule has 4 rings (SSSR count). The maximum absolute atomic E-state index is 12.8. The molecule has 31 heavy (non-hydrogen) atoms. The summed E-state index contributed by atoms with van der Waals surface area (Å²) in [6, 6.07) is 11.6. The van der Waals surface area contributed by atoms with Gasteiger partial charge in [0.15, 0.2) is 22.7 Å². The van der Waals surface area contributed by atoms with Crippen LogP contribution >= 0.6 is 15.9 Å². The minimum atomic E-state index is -0.444. The maximum atomic E-state index is 12.8. The molecule has 0 saturated heterocycles. The fraction of sp³-hybridized carbons (Fsp3) is 0.348. The second kappa shape index (κ2) is 8.34. The fourth-order valence-electron chi connectivity index (χ4n) is 3.70. The molecule has 7 nitrogen and oxygen atoms in total. The Bertz CT molecular complexity index is 1360.